The van der Waals surface area contributed by atoms with Crippen LogP contribution in [0.5, 0.6) is 0 Å². The van der Waals surface area contributed by atoms with Gasteiger partial charge in [-0.3, -0.25) is 5.41 Å². The van der Waals surface area contributed by atoms with Crippen LogP contribution >= 0.6 is 0 Å². The highest BCUT2D eigenvalue weighted by Crippen LogP contribution is 2.23. The van der Waals surface area contributed by atoms with Gasteiger partial charge in [0.1, 0.15) is 11.7 Å². The predicted octanol–water partition coefficient (Wildman–Crippen LogP) is 2.83. The SMILES string of the molecule is CCN(c1cccc(C)c1)c1ccc(C(=N)N)cn1. The molecule has 0 atom stereocenters. The third-order valence-corrected chi connectivity index (χ3v) is 2.96. The normalized spacial score (nSPS) is 10.2. The maximum atomic E-state index is 7.37. The first-order chi connectivity index (χ1) is 9.11. The van der Waals surface area contributed by atoms with Gasteiger partial charge in [0.15, 0.2) is 0 Å². The molecule has 0 aliphatic heterocycles. The number of aryl methyl sites for hydroxylation is 1. The summed E-state index contributed by atoms with van der Waals surface area (Å²) in [5, 5.41) is 7.37. The van der Waals surface area contributed by atoms with E-state index in [-0.39, 0.29) is 5.84 Å². The Labute approximate surface area is 113 Å². The molecule has 2 rings (SSSR count). The van der Waals surface area contributed by atoms with Gasteiger partial charge in [0.05, 0.1) is 0 Å². The summed E-state index contributed by atoms with van der Waals surface area (Å²) in [6, 6.07) is 12.0. The first kappa shape index (κ1) is 13.1. The molecule has 19 heavy (non-hydrogen) atoms. The number of nitrogens with two attached hydrogens (primary N) is 1. The lowest BCUT2D eigenvalue weighted by Gasteiger charge is -2.22. The molecule has 0 aliphatic rings. The van der Waals surface area contributed by atoms with Gasteiger partial charge in [-0.2, -0.15) is 0 Å². The van der Waals surface area contributed by atoms with Crippen molar-refractivity contribution in [1.82, 2.24) is 4.98 Å². The Hall–Kier alpha value is -2.36. The Morgan fingerprint density at radius 2 is 2.11 bits per heavy atom. The molecule has 0 amide bonds. The molecule has 4 heteroatoms. The number of rotatable bonds is 4. The van der Waals surface area contributed by atoms with E-state index in [1.807, 2.05) is 18.2 Å². The second kappa shape index (κ2) is 5.52. The lowest BCUT2D eigenvalue weighted by atomic mass is 10.2. The number of pyridine rings is 1. The van der Waals surface area contributed by atoms with Crippen molar-refractivity contribution in [3.05, 3.63) is 53.7 Å². The topological polar surface area (TPSA) is 66.0 Å². The van der Waals surface area contributed by atoms with Gasteiger partial charge in [-0.1, -0.05) is 12.1 Å². The molecule has 98 valence electrons. The van der Waals surface area contributed by atoms with E-state index in [0.29, 0.717) is 5.56 Å². The maximum Gasteiger partial charge on any atom is 0.132 e. The highest BCUT2D eigenvalue weighted by molar-refractivity contribution is 5.94. The molecule has 0 saturated carbocycles. The third kappa shape index (κ3) is 2.91. The Morgan fingerprint density at radius 3 is 2.63 bits per heavy atom. The number of aromatic nitrogens is 1. The van der Waals surface area contributed by atoms with Crippen molar-refractivity contribution in [1.29, 1.82) is 5.41 Å². The van der Waals surface area contributed by atoms with Crippen LogP contribution in [0.2, 0.25) is 0 Å². The van der Waals surface area contributed by atoms with E-state index >= 15 is 0 Å². The molecule has 1 aromatic carbocycles. The number of hydrogen-bond acceptors (Lipinski definition) is 3. The number of nitrogens with one attached hydrogen (secondary N) is 1. The van der Waals surface area contributed by atoms with Crippen LogP contribution in [0.15, 0.2) is 42.6 Å². The van der Waals surface area contributed by atoms with E-state index < -0.39 is 0 Å². The fourth-order valence-corrected chi connectivity index (χ4v) is 1.98. The van der Waals surface area contributed by atoms with Gasteiger partial charge in [-0.25, -0.2) is 4.98 Å². The van der Waals surface area contributed by atoms with E-state index in [0.717, 1.165) is 18.1 Å². The highest BCUT2D eigenvalue weighted by Gasteiger charge is 2.09. The van der Waals surface area contributed by atoms with E-state index in [1.54, 1.807) is 6.20 Å². The smallest absolute Gasteiger partial charge is 0.132 e. The molecule has 3 N–H and O–H groups in total. The molecule has 0 unspecified atom stereocenters. The zero-order valence-electron chi connectivity index (χ0n) is 11.2. The lowest BCUT2D eigenvalue weighted by molar-refractivity contribution is 0.987. The van der Waals surface area contributed by atoms with Crippen LogP contribution in [-0.2, 0) is 0 Å². The number of nitrogen functional groups attached to an aromatic ring is 1. The van der Waals surface area contributed by atoms with Gasteiger partial charge >= 0.3 is 0 Å². The Kier molecular flexibility index (Phi) is 3.80. The van der Waals surface area contributed by atoms with Crippen LogP contribution in [0.1, 0.15) is 18.1 Å². The van der Waals surface area contributed by atoms with Crippen molar-refractivity contribution in [2.75, 3.05) is 11.4 Å². The van der Waals surface area contributed by atoms with E-state index in [1.165, 1.54) is 5.56 Å². The minimum absolute atomic E-state index is 0.0395. The second-order valence-electron chi connectivity index (χ2n) is 4.40. The van der Waals surface area contributed by atoms with Gasteiger partial charge in [-0.05, 0) is 43.7 Å². The molecule has 2 aromatic rings. The van der Waals surface area contributed by atoms with Crippen LogP contribution < -0.4 is 10.6 Å². The van der Waals surface area contributed by atoms with Crippen molar-refractivity contribution < 1.29 is 0 Å². The zero-order chi connectivity index (χ0) is 13.8. The monoisotopic (exact) mass is 254 g/mol. The summed E-state index contributed by atoms with van der Waals surface area (Å²) >= 11 is 0. The summed E-state index contributed by atoms with van der Waals surface area (Å²) in [5.41, 5.74) is 8.41. The summed E-state index contributed by atoms with van der Waals surface area (Å²) in [6.45, 7) is 4.99. The fraction of sp³-hybridized carbons (Fsp3) is 0.200. The van der Waals surface area contributed by atoms with Gasteiger partial charge in [-0.15, -0.1) is 0 Å². The molecule has 4 nitrogen and oxygen atoms in total. The van der Waals surface area contributed by atoms with Crippen molar-refractivity contribution in [2.24, 2.45) is 5.73 Å². The molecule has 0 bridgehead atoms. The van der Waals surface area contributed by atoms with Gasteiger partial charge in [0, 0.05) is 24.0 Å². The number of nitrogens with zero attached hydrogens (tertiary/aromatic N) is 2. The van der Waals surface area contributed by atoms with Crippen LogP contribution in [0, 0.1) is 12.3 Å². The highest BCUT2D eigenvalue weighted by atomic mass is 15.2. The van der Waals surface area contributed by atoms with Crippen LogP contribution in [0.3, 0.4) is 0 Å². The average Bonchev–Trinajstić information content (AvgIpc) is 2.40. The van der Waals surface area contributed by atoms with E-state index in [2.05, 4.69) is 41.9 Å². The third-order valence-electron chi connectivity index (χ3n) is 2.96. The lowest BCUT2D eigenvalue weighted by Crippen LogP contribution is -2.18. The minimum Gasteiger partial charge on any atom is -0.384 e. The Bertz CT molecular complexity index is 575. The molecule has 0 radical (unpaired) electrons. The van der Waals surface area contributed by atoms with E-state index in [9.17, 15) is 0 Å². The molecule has 1 aromatic heterocycles. The molecule has 0 aliphatic carbocycles. The van der Waals surface area contributed by atoms with Gasteiger partial charge in [0.2, 0.25) is 0 Å². The maximum absolute atomic E-state index is 7.37. The van der Waals surface area contributed by atoms with Crippen LogP contribution in [0.4, 0.5) is 11.5 Å². The van der Waals surface area contributed by atoms with Crippen LogP contribution in [-0.4, -0.2) is 17.4 Å². The number of hydrogen-bond donors (Lipinski definition) is 2. The number of amidine groups is 1. The van der Waals surface area contributed by atoms with Crippen molar-refractivity contribution in [2.45, 2.75) is 13.8 Å². The van der Waals surface area contributed by atoms with Gasteiger partial charge in [0.25, 0.3) is 0 Å². The summed E-state index contributed by atoms with van der Waals surface area (Å²) in [5.74, 6) is 0.899. The molecule has 0 spiro atoms. The average molecular weight is 254 g/mol. The predicted molar refractivity (Wildman–Crippen MR) is 79.1 cm³/mol. The largest absolute Gasteiger partial charge is 0.384 e. The van der Waals surface area contributed by atoms with Crippen LogP contribution in [0.25, 0.3) is 0 Å². The Balaban J connectivity index is 2.34. The fourth-order valence-electron chi connectivity index (χ4n) is 1.98. The molecular weight excluding hydrogens is 236 g/mol. The molecule has 0 fully saturated rings. The first-order valence-electron chi connectivity index (χ1n) is 6.26. The Morgan fingerprint density at radius 1 is 1.32 bits per heavy atom. The quantitative estimate of drug-likeness (QED) is 0.651. The molecular formula is C15H18N4. The first-order valence-corrected chi connectivity index (χ1v) is 6.26. The summed E-state index contributed by atoms with van der Waals surface area (Å²) < 4.78 is 0. The number of anilines is 2. The van der Waals surface area contributed by atoms with Gasteiger partial charge < -0.3 is 10.6 Å². The van der Waals surface area contributed by atoms with Crippen molar-refractivity contribution >= 4 is 17.3 Å². The molecule has 0 saturated heterocycles. The van der Waals surface area contributed by atoms with E-state index in [4.69, 9.17) is 11.1 Å². The zero-order valence-corrected chi connectivity index (χ0v) is 11.2. The molecule has 1 heterocycles. The second-order valence-corrected chi connectivity index (χ2v) is 4.40. The summed E-state index contributed by atoms with van der Waals surface area (Å²) in [7, 11) is 0. The minimum atomic E-state index is 0.0395. The standard InChI is InChI=1S/C15H18N4/c1-3-19(13-6-4-5-11(2)9-13)14-8-7-12(10-18-14)15(16)17/h4-10H,3H2,1-2H3,(H3,16,17). The van der Waals surface area contributed by atoms with Crippen molar-refractivity contribution in [3.8, 4) is 0 Å². The number of benzene rings is 1. The summed E-state index contributed by atoms with van der Waals surface area (Å²) in [6.07, 6.45) is 1.64. The van der Waals surface area contributed by atoms with Crippen molar-refractivity contribution in [3.63, 3.8) is 0 Å². The summed E-state index contributed by atoms with van der Waals surface area (Å²) in [4.78, 5) is 6.50.